The SMILES string of the molecule is CC(C)N1C(=O)C(=O)N(CC(=O)N2c3ccccc3CCc3ccccc32)C1=O. The number of amides is 5. The van der Waals surface area contributed by atoms with Gasteiger partial charge in [-0.25, -0.2) is 9.69 Å². The number of rotatable bonds is 3. The molecule has 7 heteroatoms. The van der Waals surface area contributed by atoms with Crippen molar-refractivity contribution < 1.29 is 19.2 Å². The van der Waals surface area contributed by atoms with Crippen molar-refractivity contribution in [1.29, 1.82) is 0 Å². The second-order valence-corrected chi connectivity index (χ2v) is 7.43. The minimum absolute atomic E-state index is 0.438. The monoisotopic (exact) mass is 391 g/mol. The van der Waals surface area contributed by atoms with Gasteiger partial charge in [-0.2, -0.15) is 0 Å². The summed E-state index contributed by atoms with van der Waals surface area (Å²) in [5.74, 6) is -2.30. The van der Waals surface area contributed by atoms with Crippen molar-refractivity contribution in [2.75, 3.05) is 11.4 Å². The molecule has 148 valence electrons. The molecule has 0 aliphatic carbocycles. The molecule has 29 heavy (non-hydrogen) atoms. The van der Waals surface area contributed by atoms with Crippen molar-refractivity contribution in [1.82, 2.24) is 9.80 Å². The summed E-state index contributed by atoms with van der Waals surface area (Å²) >= 11 is 0. The normalized spacial score (nSPS) is 16.2. The molecule has 1 saturated heterocycles. The van der Waals surface area contributed by atoms with Crippen LogP contribution in [0.15, 0.2) is 48.5 Å². The van der Waals surface area contributed by atoms with E-state index in [0.717, 1.165) is 45.1 Å². The number of nitrogens with zero attached hydrogens (tertiary/aromatic N) is 3. The molecule has 0 N–H and O–H groups in total. The van der Waals surface area contributed by atoms with Gasteiger partial charge in [-0.1, -0.05) is 36.4 Å². The molecule has 2 aromatic carbocycles. The smallest absolute Gasteiger partial charge is 0.279 e. The fraction of sp³-hybridized carbons (Fsp3) is 0.273. The standard InChI is InChI=1S/C22H21N3O4/c1-14(2)24-21(28)20(27)23(22(24)29)13-19(26)25-17-9-5-3-7-15(17)11-12-16-8-4-6-10-18(16)25/h3-10,14H,11-13H2,1-2H3. The summed E-state index contributed by atoms with van der Waals surface area (Å²) in [7, 11) is 0. The van der Waals surface area contributed by atoms with E-state index in [0.29, 0.717) is 0 Å². The van der Waals surface area contributed by atoms with Gasteiger partial charge in [-0.05, 0) is 49.9 Å². The molecule has 7 nitrogen and oxygen atoms in total. The van der Waals surface area contributed by atoms with E-state index in [1.54, 1.807) is 18.7 Å². The van der Waals surface area contributed by atoms with Gasteiger partial charge in [0.2, 0.25) is 0 Å². The number of para-hydroxylation sites is 2. The predicted molar refractivity (Wildman–Crippen MR) is 107 cm³/mol. The average Bonchev–Trinajstić information content (AvgIpc) is 2.84. The van der Waals surface area contributed by atoms with Crippen molar-refractivity contribution in [3.8, 4) is 0 Å². The van der Waals surface area contributed by atoms with E-state index in [2.05, 4.69) is 0 Å². The van der Waals surface area contributed by atoms with Gasteiger partial charge in [0.25, 0.3) is 5.91 Å². The lowest BCUT2D eigenvalue weighted by molar-refractivity contribution is -0.144. The summed E-state index contributed by atoms with van der Waals surface area (Å²) in [5.41, 5.74) is 3.48. The lowest BCUT2D eigenvalue weighted by Crippen LogP contribution is -2.43. The first kappa shape index (κ1) is 18.9. The zero-order valence-corrected chi connectivity index (χ0v) is 16.3. The first-order valence-electron chi connectivity index (χ1n) is 9.58. The van der Waals surface area contributed by atoms with E-state index in [-0.39, 0.29) is 0 Å². The van der Waals surface area contributed by atoms with E-state index in [9.17, 15) is 19.2 Å². The molecule has 0 bridgehead atoms. The quantitative estimate of drug-likeness (QED) is 0.595. The summed E-state index contributed by atoms with van der Waals surface area (Å²) < 4.78 is 0. The molecular weight excluding hydrogens is 370 g/mol. The topological polar surface area (TPSA) is 78.0 Å². The Morgan fingerprint density at radius 3 is 1.86 bits per heavy atom. The van der Waals surface area contributed by atoms with Gasteiger partial charge in [-0.15, -0.1) is 0 Å². The van der Waals surface area contributed by atoms with Gasteiger partial charge in [0.1, 0.15) is 6.54 Å². The van der Waals surface area contributed by atoms with Crippen molar-refractivity contribution in [3.05, 3.63) is 59.7 Å². The zero-order valence-electron chi connectivity index (χ0n) is 16.3. The molecule has 0 aromatic heterocycles. The molecule has 0 unspecified atom stereocenters. The Balaban J connectivity index is 1.72. The predicted octanol–water partition coefficient (Wildman–Crippen LogP) is 2.65. The Morgan fingerprint density at radius 2 is 1.38 bits per heavy atom. The first-order valence-corrected chi connectivity index (χ1v) is 9.58. The number of fused-ring (bicyclic) bond motifs is 2. The lowest BCUT2D eigenvalue weighted by atomic mass is 10.0. The summed E-state index contributed by atoms with van der Waals surface area (Å²) in [6.45, 7) is 2.81. The molecule has 2 aliphatic heterocycles. The summed E-state index contributed by atoms with van der Waals surface area (Å²) in [5, 5.41) is 0. The van der Waals surface area contributed by atoms with Crippen LogP contribution in [-0.2, 0) is 27.2 Å². The van der Waals surface area contributed by atoms with Gasteiger partial charge < -0.3 is 0 Å². The van der Waals surface area contributed by atoms with Crippen LogP contribution in [0.3, 0.4) is 0 Å². The van der Waals surface area contributed by atoms with Gasteiger partial charge >= 0.3 is 17.8 Å². The number of carbonyl (C=O) groups is 4. The van der Waals surface area contributed by atoms with Crippen molar-refractivity contribution in [3.63, 3.8) is 0 Å². The maximum absolute atomic E-state index is 13.4. The largest absolute Gasteiger partial charge is 0.334 e. The number of urea groups is 1. The molecule has 2 aliphatic rings. The van der Waals surface area contributed by atoms with Crippen LogP contribution >= 0.6 is 0 Å². The molecule has 5 amide bonds. The first-order chi connectivity index (χ1) is 13.9. The van der Waals surface area contributed by atoms with E-state index in [1.165, 1.54) is 0 Å². The third-order valence-corrected chi connectivity index (χ3v) is 5.27. The fourth-order valence-electron chi connectivity index (χ4n) is 3.87. The van der Waals surface area contributed by atoms with Crippen molar-refractivity contribution >= 4 is 35.1 Å². The molecule has 0 saturated carbocycles. The Hall–Kier alpha value is -3.48. The highest BCUT2D eigenvalue weighted by Crippen LogP contribution is 2.36. The molecule has 2 aromatic rings. The number of benzene rings is 2. The van der Waals surface area contributed by atoms with E-state index in [4.69, 9.17) is 0 Å². The van der Waals surface area contributed by atoms with Crippen LogP contribution in [0.1, 0.15) is 25.0 Å². The zero-order chi connectivity index (χ0) is 20.7. The molecule has 2 heterocycles. The van der Waals surface area contributed by atoms with E-state index >= 15 is 0 Å². The van der Waals surface area contributed by atoms with Crippen LogP contribution < -0.4 is 4.90 Å². The van der Waals surface area contributed by atoms with Crippen LogP contribution in [0.25, 0.3) is 0 Å². The molecule has 0 atom stereocenters. The van der Waals surface area contributed by atoms with Crippen molar-refractivity contribution in [2.45, 2.75) is 32.7 Å². The lowest BCUT2D eigenvalue weighted by Gasteiger charge is -2.26. The number of aryl methyl sites for hydroxylation is 2. The minimum Gasteiger partial charge on any atom is -0.279 e. The summed E-state index contributed by atoms with van der Waals surface area (Å²) in [6, 6.07) is 14.0. The average molecular weight is 391 g/mol. The molecule has 4 rings (SSSR count). The molecule has 0 radical (unpaired) electrons. The number of carbonyl (C=O) groups excluding carboxylic acids is 4. The fourth-order valence-corrected chi connectivity index (χ4v) is 3.87. The Morgan fingerprint density at radius 1 is 0.862 bits per heavy atom. The second-order valence-electron chi connectivity index (χ2n) is 7.43. The third-order valence-electron chi connectivity index (χ3n) is 5.27. The van der Waals surface area contributed by atoms with Gasteiger partial charge in [0.05, 0.1) is 11.4 Å². The van der Waals surface area contributed by atoms with Crippen LogP contribution in [0.4, 0.5) is 16.2 Å². The highest BCUT2D eigenvalue weighted by atomic mass is 16.2. The van der Waals surface area contributed by atoms with Crippen LogP contribution in [0.5, 0.6) is 0 Å². The number of imide groups is 2. The highest BCUT2D eigenvalue weighted by molar-refractivity contribution is 6.45. The van der Waals surface area contributed by atoms with E-state index < -0.39 is 36.3 Å². The minimum atomic E-state index is -0.964. The van der Waals surface area contributed by atoms with Crippen LogP contribution in [0.2, 0.25) is 0 Å². The molecule has 0 spiro atoms. The van der Waals surface area contributed by atoms with Crippen molar-refractivity contribution in [2.24, 2.45) is 0 Å². The number of anilines is 2. The number of hydrogen-bond donors (Lipinski definition) is 0. The van der Waals surface area contributed by atoms with Gasteiger partial charge in [0, 0.05) is 6.04 Å². The van der Waals surface area contributed by atoms with Gasteiger partial charge in [-0.3, -0.25) is 24.2 Å². The maximum Gasteiger partial charge on any atom is 0.334 e. The summed E-state index contributed by atoms with van der Waals surface area (Å²) in [4.78, 5) is 53.6. The third kappa shape index (κ3) is 3.08. The van der Waals surface area contributed by atoms with Crippen LogP contribution in [0, 0.1) is 0 Å². The Labute approximate surface area is 168 Å². The van der Waals surface area contributed by atoms with E-state index in [1.807, 2.05) is 48.5 Å². The second kappa shape index (κ2) is 7.16. The summed E-state index contributed by atoms with van der Waals surface area (Å²) in [6.07, 6.45) is 1.55. The molecular formula is C22H21N3O4. The highest BCUT2D eigenvalue weighted by Gasteiger charge is 2.47. The Kier molecular flexibility index (Phi) is 4.66. The maximum atomic E-state index is 13.4. The number of hydrogen-bond acceptors (Lipinski definition) is 4. The van der Waals surface area contributed by atoms with Crippen LogP contribution in [-0.4, -0.2) is 46.1 Å². The van der Waals surface area contributed by atoms with Gasteiger partial charge in [0.15, 0.2) is 0 Å². The molecule has 1 fully saturated rings. The Bertz CT molecular complexity index is 983.